The predicted octanol–water partition coefficient (Wildman–Crippen LogP) is 3.96. The minimum Gasteiger partial charge on any atom is -0.357 e. The third-order valence-corrected chi connectivity index (χ3v) is 5.58. The van der Waals surface area contributed by atoms with Crippen LogP contribution in [0.2, 0.25) is 0 Å². The van der Waals surface area contributed by atoms with Crippen LogP contribution in [0.15, 0.2) is 29.3 Å². The molecule has 1 atom stereocenters. The first-order valence-electron chi connectivity index (χ1n) is 10.2. The van der Waals surface area contributed by atoms with E-state index in [1.54, 1.807) is 0 Å². The third-order valence-electron chi connectivity index (χ3n) is 4.64. The molecule has 0 aromatic heterocycles. The Balaban J connectivity index is 2.75. The van der Waals surface area contributed by atoms with E-state index in [0.29, 0.717) is 18.9 Å². The van der Waals surface area contributed by atoms with Crippen LogP contribution in [0.3, 0.4) is 0 Å². The molecule has 0 aliphatic heterocycles. The van der Waals surface area contributed by atoms with E-state index in [0.717, 1.165) is 18.9 Å². The van der Waals surface area contributed by atoms with Gasteiger partial charge < -0.3 is 10.6 Å². The van der Waals surface area contributed by atoms with Gasteiger partial charge in [-0.2, -0.15) is 0 Å². The number of benzene rings is 1. The van der Waals surface area contributed by atoms with Crippen molar-refractivity contribution in [3.05, 3.63) is 35.4 Å². The first kappa shape index (κ1) is 24.5. The van der Waals surface area contributed by atoms with Crippen molar-refractivity contribution in [1.82, 2.24) is 10.6 Å². The van der Waals surface area contributed by atoms with Gasteiger partial charge in [-0.1, -0.05) is 52.0 Å². The molecule has 0 fully saturated rings. The standard InChI is InChI=1S/C22H39N3O2S/c1-8-23-21(24-16-22(5,6)13-14-28(7,26)27)25-18(4)20-11-9-19(10-12-20)15-17(2)3/h9-12,17-18H,8,13-16H2,1-7H3,(H2,23,24,25). The Morgan fingerprint density at radius 1 is 1.14 bits per heavy atom. The molecule has 2 N–H and O–H groups in total. The predicted molar refractivity (Wildman–Crippen MR) is 121 cm³/mol. The lowest BCUT2D eigenvalue weighted by Gasteiger charge is -2.24. The van der Waals surface area contributed by atoms with E-state index in [4.69, 9.17) is 4.99 Å². The number of nitrogens with one attached hydrogen (secondary N) is 2. The van der Waals surface area contributed by atoms with Crippen molar-refractivity contribution >= 4 is 15.8 Å². The van der Waals surface area contributed by atoms with Crippen LogP contribution < -0.4 is 10.6 Å². The second-order valence-electron chi connectivity index (χ2n) is 8.94. The van der Waals surface area contributed by atoms with Gasteiger partial charge in [-0.05, 0) is 49.1 Å². The van der Waals surface area contributed by atoms with Crippen LogP contribution in [0.1, 0.15) is 65.1 Å². The summed E-state index contributed by atoms with van der Waals surface area (Å²) in [4.78, 5) is 4.71. The van der Waals surface area contributed by atoms with Crippen LogP contribution >= 0.6 is 0 Å². The summed E-state index contributed by atoms with van der Waals surface area (Å²) in [6.45, 7) is 14.1. The Labute approximate surface area is 172 Å². The topological polar surface area (TPSA) is 70.6 Å². The van der Waals surface area contributed by atoms with Crippen LogP contribution in [0.4, 0.5) is 0 Å². The molecule has 1 aromatic carbocycles. The first-order valence-corrected chi connectivity index (χ1v) is 12.3. The van der Waals surface area contributed by atoms with Gasteiger partial charge in [0.1, 0.15) is 9.84 Å². The van der Waals surface area contributed by atoms with Gasteiger partial charge in [-0.3, -0.25) is 4.99 Å². The fraction of sp³-hybridized carbons (Fsp3) is 0.682. The summed E-state index contributed by atoms with van der Waals surface area (Å²) >= 11 is 0. The van der Waals surface area contributed by atoms with E-state index in [9.17, 15) is 8.42 Å². The zero-order valence-corrected chi connectivity index (χ0v) is 19.5. The van der Waals surface area contributed by atoms with Crippen LogP contribution in [0.5, 0.6) is 0 Å². The molecule has 0 saturated heterocycles. The molecule has 28 heavy (non-hydrogen) atoms. The van der Waals surface area contributed by atoms with Crippen molar-refractivity contribution in [2.45, 2.75) is 60.4 Å². The summed E-state index contributed by atoms with van der Waals surface area (Å²) in [6, 6.07) is 8.88. The maximum atomic E-state index is 11.4. The molecule has 160 valence electrons. The van der Waals surface area contributed by atoms with E-state index < -0.39 is 9.84 Å². The van der Waals surface area contributed by atoms with Gasteiger partial charge in [0.15, 0.2) is 5.96 Å². The zero-order valence-electron chi connectivity index (χ0n) is 18.7. The van der Waals surface area contributed by atoms with Crippen molar-refractivity contribution < 1.29 is 8.42 Å². The number of nitrogens with zero attached hydrogens (tertiary/aromatic N) is 1. The van der Waals surface area contributed by atoms with Crippen molar-refractivity contribution in [1.29, 1.82) is 0 Å². The van der Waals surface area contributed by atoms with Crippen LogP contribution in [0, 0.1) is 11.3 Å². The minimum atomic E-state index is -2.95. The van der Waals surface area contributed by atoms with E-state index in [2.05, 4.69) is 69.5 Å². The molecule has 1 rings (SSSR count). The van der Waals surface area contributed by atoms with E-state index in [1.165, 1.54) is 17.4 Å². The normalized spacial score (nSPS) is 14.2. The molecule has 0 heterocycles. The maximum Gasteiger partial charge on any atom is 0.191 e. The lowest BCUT2D eigenvalue weighted by Crippen LogP contribution is -2.39. The quantitative estimate of drug-likeness (QED) is 0.453. The van der Waals surface area contributed by atoms with Gasteiger partial charge in [0.05, 0.1) is 11.8 Å². The number of sulfone groups is 1. The smallest absolute Gasteiger partial charge is 0.191 e. The molecule has 0 spiro atoms. The number of hydrogen-bond donors (Lipinski definition) is 2. The first-order chi connectivity index (χ1) is 12.9. The summed E-state index contributed by atoms with van der Waals surface area (Å²) in [6.07, 6.45) is 2.97. The number of guanidine groups is 1. The average molecular weight is 410 g/mol. The lowest BCUT2D eigenvalue weighted by atomic mass is 9.90. The fourth-order valence-electron chi connectivity index (χ4n) is 2.86. The average Bonchev–Trinajstić information content (AvgIpc) is 2.58. The molecule has 0 amide bonds. The monoisotopic (exact) mass is 409 g/mol. The Morgan fingerprint density at radius 2 is 1.75 bits per heavy atom. The largest absolute Gasteiger partial charge is 0.357 e. The summed E-state index contributed by atoms with van der Waals surface area (Å²) in [5, 5.41) is 6.75. The molecular weight excluding hydrogens is 370 g/mol. The molecule has 6 heteroatoms. The molecule has 0 bridgehead atoms. The van der Waals surface area contributed by atoms with E-state index in [1.807, 2.05) is 6.92 Å². The van der Waals surface area contributed by atoms with Gasteiger partial charge >= 0.3 is 0 Å². The lowest BCUT2D eigenvalue weighted by molar-refractivity contribution is 0.365. The Morgan fingerprint density at radius 3 is 2.25 bits per heavy atom. The van der Waals surface area contributed by atoms with Crippen molar-refractivity contribution in [3.8, 4) is 0 Å². The Hall–Kier alpha value is -1.56. The molecule has 0 aliphatic carbocycles. The molecule has 0 radical (unpaired) electrons. The molecule has 0 aliphatic rings. The minimum absolute atomic E-state index is 0.130. The van der Waals surface area contributed by atoms with E-state index >= 15 is 0 Å². The molecule has 0 saturated carbocycles. The summed E-state index contributed by atoms with van der Waals surface area (Å²) in [5.74, 6) is 1.60. The Bertz CT molecular complexity index is 723. The van der Waals surface area contributed by atoms with Crippen molar-refractivity contribution in [2.24, 2.45) is 16.3 Å². The van der Waals surface area contributed by atoms with E-state index in [-0.39, 0.29) is 17.2 Å². The second kappa shape index (κ2) is 10.8. The van der Waals surface area contributed by atoms with Gasteiger partial charge in [-0.15, -0.1) is 0 Å². The summed E-state index contributed by atoms with van der Waals surface area (Å²) < 4.78 is 22.9. The highest BCUT2D eigenvalue weighted by Crippen LogP contribution is 2.21. The van der Waals surface area contributed by atoms with Crippen molar-refractivity contribution in [3.63, 3.8) is 0 Å². The summed E-state index contributed by atoms with van der Waals surface area (Å²) in [7, 11) is -2.95. The highest BCUT2D eigenvalue weighted by Gasteiger charge is 2.20. The van der Waals surface area contributed by atoms with Gasteiger partial charge in [0.2, 0.25) is 0 Å². The van der Waals surface area contributed by atoms with Crippen LogP contribution in [0.25, 0.3) is 0 Å². The number of aliphatic imine (C=N–C) groups is 1. The van der Waals surface area contributed by atoms with Gasteiger partial charge in [0.25, 0.3) is 0 Å². The highest BCUT2D eigenvalue weighted by atomic mass is 32.2. The summed E-state index contributed by atoms with van der Waals surface area (Å²) in [5.41, 5.74) is 2.40. The Kier molecular flexibility index (Phi) is 9.48. The maximum absolute atomic E-state index is 11.4. The van der Waals surface area contributed by atoms with Crippen LogP contribution in [-0.4, -0.2) is 39.5 Å². The SMILES string of the molecule is CCNC(=NCC(C)(C)CCS(C)(=O)=O)NC(C)c1ccc(CC(C)C)cc1. The molecule has 5 nitrogen and oxygen atoms in total. The van der Waals surface area contributed by atoms with Crippen LogP contribution in [-0.2, 0) is 16.3 Å². The fourth-order valence-corrected chi connectivity index (χ4v) is 3.78. The van der Waals surface area contributed by atoms with Gasteiger partial charge in [-0.25, -0.2) is 8.42 Å². The third kappa shape index (κ3) is 10.1. The molecule has 1 aromatic rings. The molecular formula is C22H39N3O2S. The second-order valence-corrected chi connectivity index (χ2v) is 11.2. The van der Waals surface area contributed by atoms with Gasteiger partial charge in [0, 0.05) is 19.3 Å². The number of rotatable bonds is 10. The molecule has 1 unspecified atom stereocenters. The number of hydrogen-bond acceptors (Lipinski definition) is 3. The highest BCUT2D eigenvalue weighted by molar-refractivity contribution is 7.90. The zero-order chi connectivity index (χ0) is 21.4. The van der Waals surface area contributed by atoms with Crippen molar-refractivity contribution in [2.75, 3.05) is 25.1 Å².